The molecule has 0 aromatic heterocycles. The van der Waals surface area contributed by atoms with Crippen molar-refractivity contribution in [2.45, 2.75) is 25.2 Å². The molecule has 1 aromatic carbocycles. The predicted molar refractivity (Wildman–Crippen MR) is 83.9 cm³/mol. The first-order valence-corrected chi connectivity index (χ1v) is 8.91. The summed E-state index contributed by atoms with van der Waals surface area (Å²) in [7, 11) is -3.38. The van der Waals surface area contributed by atoms with Crippen LogP contribution in [0.3, 0.4) is 0 Å². The molecule has 1 aromatic rings. The Labute approximate surface area is 127 Å². The summed E-state index contributed by atoms with van der Waals surface area (Å²) in [5, 5.41) is 2.76. The molecule has 0 fully saturated rings. The van der Waals surface area contributed by atoms with E-state index in [4.69, 9.17) is 0 Å². The van der Waals surface area contributed by atoms with E-state index in [1.54, 1.807) is 30.3 Å². The van der Waals surface area contributed by atoms with Gasteiger partial charge in [0.25, 0.3) is 0 Å². The molecule has 1 amide bonds. The summed E-state index contributed by atoms with van der Waals surface area (Å²) in [5.74, 6) is -0.379. The first kappa shape index (κ1) is 17.7. The highest BCUT2D eigenvalue weighted by Gasteiger charge is 2.15. The zero-order chi connectivity index (χ0) is 15.7. The number of carbonyl (C=O) groups excluding carboxylic acids is 1. The van der Waals surface area contributed by atoms with Crippen LogP contribution in [0.5, 0.6) is 0 Å². The molecule has 6 heteroatoms. The van der Waals surface area contributed by atoms with Gasteiger partial charge in [0.1, 0.15) is 0 Å². The molecule has 0 radical (unpaired) electrons. The van der Waals surface area contributed by atoms with Gasteiger partial charge in [0, 0.05) is 19.5 Å². The average molecular weight is 312 g/mol. The minimum absolute atomic E-state index is 0.00449. The Morgan fingerprint density at radius 2 is 1.76 bits per heavy atom. The van der Waals surface area contributed by atoms with Gasteiger partial charge in [-0.25, -0.2) is 8.42 Å². The Morgan fingerprint density at radius 1 is 1.14 bits per heavy atom. The quantitative estimate of drug-likeness (QED) is 0.746. The number of nitrogens with one attached hydrogen (secondary N) is 1. The van der Waals surface area contributed by atoms with Crippen molar-refractivity contribution in [3.8, 4) is 0 Å². The molecule has 0 aliphatic carbocycles. The Hall–Kier alpha value is -1.40. The number of hydrogen-bond donors (Lipinski definition) is 1. The monoisotopic (exact) mass is 312 g/mol. The SMILES string of the molecule is CCN(CC)CCNC(=O)CCS(=O)(=O)c1ccccc1. The van der Waals surface area contributed by atoms with Crippen LogP contribution in [0.25, 0.3) is 0 Å². The number of rotatable bonds is 9. The van der Waals surface area contributed by atoms with Crippen molar-refractivity contribution in [2.75, 3.05) is 31.9 Å². The summed E-state index contributed by atoms with van der Waals surface area (Å²) >= 11 is 0. The molecule has 0 unspecified atom stereocenters. The van der Waals surface area contributed by atoms with Crippen molar-refractivity contribution in [3.05, 3.63) is 30.3 Å². The van der Waals surface area contributed by atoms with Crippen LogP contribution in [-0.4, -0.2) is 51.2 Å². The number of hydrogen-bond acceptors (Lipinski definition) is 4. The summed E-state index contributed by atoms with van der Waals surface area (Å²) in [6.45, 7) is 7.34. The van der Waals surface area contributed by atoms with Crippen LogP contribution in [0.4, 0.5) is 0 Å². The Kier molecular flexibility index (Phi) is 7.39. The first-order valence-electron chi connectivity index (χ1n) is 7.26. The zero-order valence-electron chi connectivity index (χ0n) is 12.7. The average Bonchev–Trinajstić information content (AvgIpc) is 2.50. The van der Waals surface area contributed by atoms with E-state index in [0.29, 0.717) is 6.54 Å². The van der Waals surface area contributed by atoms with E-state index >= 15 is 0 Å². The largest absolute Gasteiger partial charge is 0.355 e. The molecule has 1 rings (SSSR count). The van der Waals surface area contributed by atoms with Gasteiger partial charge in [0.15, 0.2) is 9.84 Å². The minimum atomic E-state index is -3.38. The van der Waals surface area contributed by atoms with E-state index in [1.807, 2.05) is 0 Å². The molecule has 0 spiro atoms. The highest BCUT2D eigenvalue weighted by Crippen LogP contribution is 2.10. The number of carbonyl (C=O) groups is 1. The molecule has 0 aliphatic rings. The van der Waals surface area contributed by atoms with Gasteiger partial charge in [-0.1, -0.05) is 32.0 Å². The van der Waals surface area contributed by atoms with Crippen LogP contribution >= 0.6 is 0 Å². The van der Waals surface area contributed by atoms with Crippen LogP contribution < -0.4 is 5.32 Å². The van der Waals surface area contributed by atoms with Crippen molar-refractivity contribution in [3.63, 3.8) is 0 Å². The molecule has 1 N–H and O–H groups in total. The van der Waals surface area contributed by atoms with Gasteiger partial charge < -0.3 is 10.2 Å². The van der Waals surface area contributed by atoms with E-state index in [1.165, 1.54) is 0 Å². The highest BCUT2D eigenvalue weighted by atomic mass is 32.2. The molecular weight excluding hydrogens is 288 g/mol. The number of likely N-dealkylation sites (N-methyl/N-ethyl adjacent to an activating group) is 1. The Balaban J connectivity index is 2.36. The second-order valence-electron chi connectivity index (χ2n) is 4.76. The summed E-state index contributed by atoms with van der Waals surface area (Å²) in [4.78, 5) is 14.1. The van der Waals surface area contributed by atoms with Crippen molar-refractivity contribution in [1.29, 1.82) is 0 Å². The summed E-state index contributed by atoms with van der Waals surface area (Å²) in [6.07, 6.45) is -0.00449. The number of sulfone groups is 1. The fourth-order valence-corrected chi connectivity index (χ4v) is 3.22. The maximum atomic E-state index is 12.0. The Bertz CT molecular complexity index is 525. The molecule has 5 nitrogen and oxygen atoms in total. The second-order valence-corrected chi connectivity index (χ2v) is 6.87. The third-order valence-electron chi connectivity index (χ3n) is 3.34. The minimum Gasteiger partial charge on any atom is -0.355 e. The van der Waals surface area contributed by atoms with Gasteiger partial charge >= 0.3 is 0 Å². The van der Waals surface area contributed by atoms with E-state index in [0.717, 1.165) is 19.6 Å². The standard InChI is InChI=1S/C15H24N2O3S/c1-3-17(4-2)12-11-16-15(18)10-13-21(19,20)14-8-6-5-7-9-14/h5-9H,3-4,10-13H2,1-2H3,(H,16,18). The molecule has 0 saturated carbocycles. The summed E-state index contributed by atoms with van der Waals surface area (Å²) in [5.41, 5.74) is 0. The van der Waals surface area contributed by atoms with Crippen LogP contribution in [0.2, 0.25) is 0 Å². The maximum Gasteiger partial charge on any atom is 0.221 e. The lowest BCUT2D eigenvalue weighted by molar-refractivity contribution is -0.120. The van der Waals surface area contributed by atoms with E-state index in [2.05, 4.69) is 24.1 Å². The lowest BCUT2D eigenvalue weighted by Gasteiger charge is -2.17. The topological polar surface area (TPSA) is 66.5 Å². The Morgan fingerprint density at radius 3 is 2.33 bits per heavy atom. The van der Waals surface area contributed by atoms with Gasteiger partial charge in [0.05, 0.1) is 10.6 Å². The van der Waals surface area contributed by atoms with E-state index in [-0.39, 0.29) is 23.0 Å². The molecular formula is C15H24N2O3S. The van der Waals surface area contributed by atoms with Gasteiger partial charge in [0.2, 0.25) is 5.91 Å². The number of nitrogens with zero attached hydrogens (tertiary/aromatic N) is 1. The highest BCUT2D eigenvalue weighted by molar-refractivity contribution is 7.91. The second kappa shape index (κ2) is 8.79. The number of amides is 1. The fourth-order valence-electron chi connectivity index (χ4n) is 1.95. The summed E-state index contributed by atoms with van der Waals surface area (Å²) in [6, 6.07) is 8.22. The van der Waals surface area contributed by atoms with E-state index in [9.17, 15) is 13.2 Å². The fraction of sp³-hybridized carbons (Fsp3) is 0.533. The predicted octanol–water partition coefficient (Wildman–Crippen LogP) is 1.31. The van der Waals surface area contributed by atoms with Crippen LogP contribution in [0, 0.1) is 0 Å². The number of benzene rings is 1. The lowest BCUT2D eigenvalue weighted by atomic mass is 10.4. The van der Waals surface area contributed by atoms with Gasteiger partial charge in [-0.05, 0) is 25.2 Å². The molecule has 0 heterocycles. The third kappa shape index (κ3) is 6.27. The van der Waals surface area contributed by atoms with Crippen molar-refractivity contribution >= 4 is 15.7 Å². The van der Waals surface area contributed by atoms with Gasteiger partial charge in [-0.3, -0.25) is 4.79 Å². The van der Waals surface area contributed by atoms with Crippen LogP contribution in [0.1, 0.15) is 20.3 Å². The third-order valence-corrected chi connectivity index (χ3v) is 5.08. The first-order chi connectivity index (χ1) is 9.99. The normalized spacial score (nSPS) is 11.6. The smallest absolute Gasteiger partial charge is 0.221 e. The molecule has 21 heavy (non-hydrogen) atoms. The molecule has 0 aliphatic heterocycles. The molecule has 0 saturated heterocycles. The van der Waals surface area contributed by atoms with Crippen LogP contribution in [-0.2, 0) is 14.6 Å². The van der Waals surface area contributed by atoms with Crippen molar-refractivity contribution in [1.82, 2.24) is 10.2 Å². The molecule has 118 valence electrons. The summed E-state index contributed by atoms with van der Waals surface area (Å²) < 4.78 is 24.0. The van der Waals surface area contributed by atoms with E-state index < -0.39 is 9.84 Å². The van der Waals surface area contributed by atoms with Gasteiger partial charge in [-0.2, -0.15) is 0 Å². The van der Waals surface area contributed by atoms with Crippen LogP contribution in [0.15, 0.2) is 35.2 Å². The van der Waals surface area contributed by atoms with Crippen molar-refractivity contribution < 1.29 is 13.2 Å². The molecule has 0 bridgehead atoms. The zero-order valence-corrected chi connectivity index (χ0v) is 13.5. The lowest BCUT2D eigenvalue weighted by Crippen LogP contribution is -2.35. The van der Waals surface area contributed by atoms with Gasteiger partial charge in [-0.15, -0.1) is 0 Å². The molecule has 0 atom stereocenters. The maximum absolute atomic E-state index is 12.0. The van der Waals surface area contributed by atoms with Crippen molar-refractivity contribution in [2.24, 2.45) is 0 Å².